The first kappa shape index (κ1) is 36.3. The van der Waals surface area contributed by atoms with E-state index in [1.807, 2.05) is 46.2 Å². The molecule has 4 aromatic rings. The standard InChI is InChI=1S/C32H36Cl2N8O6S2/c1-47-31-27(17-41-13-19(14-41)39-49(3,43)44)35-11-25(37-31)23-9-5-7-21(29(23)33)22-8-6-10-24(30(22)34)26-12-36-28(32(38-26)48-2)18-42-15-20(16-42)40-50(4,45)46/h5-12,19-20,39-40H,13-18H2,1-4H3. The van der Waals surface area contributed by atoms with E-state index in [0.717, 1.165) is 12.5 Å². The summed E-state index contributed by atoms with van der Waals surface area (Å²) < 4.78 is 62.4. The highest BCUT2D eigenvalue weighted by Gasteiger charge is 2.31. The number of methoxy groups -OCH3 is 2. The summed E-state index contributed by atoms with van der Waals surface area (Å²) in [4.78, 5) is 22.8. The minimum absolute atomic E-state index is 0.137. The molecule has 2 aromatic heterocycles. The van der Waals surface area contributed by atoms with Gasteiger partial charge in [0.1, 0.15) is 11.4 Å². The van der Waals surface area contributed by atoms with E-state index < -0.39 is 20.0 Å². The van der Waals surface area contributed by atoms with Crippen LogP contribution < -0.4 is 18.9 Å². The molecule has 0 aliphatic carbocycles. The average molecular weight is 764 g/mol. The van der Waals surface area contributed by atoms with Gasteiger partial charge in [-0.15, -0.1) is 0 Å². The van der Waals surface area contributed by atoms with Crippen LogP contribution in [0.15, 0.2) is 48.8 Å². The lowest BCUT2D eigenvalue weighted by Crippen LogP contribution is -2.58. The monoisotopic (exact) mass is 762 g/mol. The van der Waals surface area contributed by atoms with Gasteiger partial charge in [-0.05, 0) is 0 Å². The van der Waals surface area contributed by atoms with Crippen molar-refractivity contribution in [3.8, 4) is 45.4 Å². The summed E-state index contributed by atoms with van der Waals surface area (Å²) in [5.74, 6) is 0.693. The summed E-state index contributed by atoms with van der Waals surface area (Å²) in [6.07, 6.45) is 5.57. The largest absolute Gasteiger partial charge is 0.480 e. The van der Waals surface area contributed by atoms with E-state index in [1.54, 1.807) is 12.4 Å². The molecule has 2 saturated heterocycles. The maximum absolute atomic E-state index is 11.5. The Morgan fingerprint density at radius 3 is 1.38 bits per heavy atom. The molecule has 0 bridgehead atoms. The highest BCUT2D eigenvalue weighted by atomic mass is 35.5. The number of halogens is 2. The summed E-state index contributed by atoms with van der Waals surface area (Å²) in [7, 11) is -3.49. The number of rotatable bonds is 13. The summed E-state index contributed by atoms with van der Waals surface area (Å²) in [6, 6.07) is 10.9. The van der Waals surface area contributed by atoms with E-state index in [1.165, 1.54) is 14.2 Å². The van der Waals surface area contributed by atoms with Crippen molar-refractivity contribution in [3.63, 3.8) is 0 Å². The molecule has 2 fully saturated rings. The third-order valence-corrected chi connectivity index (χ3v) is 10.6. The topological polar surface area (TPSA) is 169 Å². The number of likely N-dealkylation sites (tertiary alicyclic amines) is 2. The van der Waals surface area contributed by atoms with E-state index >= 15 is 0 Å². The fourth-order valence-electron chi connectivity index (χ4n) is 6.05. The molecule has 0 radical (unpaired) electrons. The summed E-state index contributed by atoms with van der Waals surface area (Å²) in [6.45, 7) is 3.13. The quantitative estimate of drug-likeness (QED) is 0.205. The van der Waals surface area contributed by atoms with Crippen molar-refractivity contribution in [1.29, 1.82) is 0 Å². The predicted octanol–water partition coefficient (Wildman–Crippen LogP) is 3.06. The molecule has 0 spiro atoms. The lowest BCUT2D eigenvalue weighted by molar-refractivity contribution is 0.129. The Labute approximate surface area is 301 Å². The zero-order chi connectivity index (χ0) is 35.8. The minimum atomic E-state index is -3.27. The van der Waals surface area contributed by atoms with Crippen molar-refractivity contribution in [2.45, 2.75) is 25.2 Å². The van der Waals surface area contributed by atoms with Crippen molar-refractivity contribution in [2.24, 2.45) is 0 Å². The molecule has 2 aliphatic heterocycles. The van der Waals surface area contributed by atoms with Crippen LogP contribution >= 0.6 is 23.2 Å². The maximum Gasteiger partial charge on any atom is 0.237 e. The molecule has 0 unspecified atom stereocenters. The van der Waals surface area contributed by atoms with E-state index in [9.17, 15) is 16.8 Å². The molecular weight excluding hydrogens is 727 g/mol. The number of nitrogens with zero attached hydrogens (tertiary/aromatic N) is 6. The molecule has 50 heavy (non-hydrogen) atoms. The fraction of sp³-hybridized carbons (Fsp3) is 0.375. The lowest BCUT2D eigenvalue weighted by atomic mass is 9.98. The van der Waals surface area contributed by atoms with E-state index in [2.05, 4.69) is 19.4 Å². The molecule has 18 heteroatoms. The zero-order valence-corrected chi connectivity index (χ0v) is 30.9. The zero-order valence-electron chi connectivity index (χ0n) is 27.7. The second-order valence-corrected chi connectivity index (χ2v) is 16.6. The fourth-order valence-corrected chi connectivity index (χ4v) is 8.21. The number of sulfonamides is 2. The van der Waals surface area contributed by atoms with Crippen LogP contribution in [0.3, 0.4) is 0 Å². The third-order valence-electron chi connectivity index (χ3n) is 8.27. The Bertz CT molecular complexity index is 1980. The van der Waals surface area contributed by atoms with Crippen LogP contribution in [0.2, 0.25) is 10.0 Å². The number of benzene rings is 2. The minimum Gasteiger partial charge on any atom is -0.480 e. The van der Waals surface area contributed by atoms with Gasteiger partial charge in [-0.25, -0.2) is 36.2 Å². The normalized spacial score (nSPS) is 16.2. The number of nitrogens with one attached hydrogen (secondary N) is 2. The van der Waals surface area contributed by atoms with Crippen LogP contribution in [0.1, 0.15) is 11.4 Å². The second-order valence-electron chi connectivity index (χ2n) is 12.3. The van der Waals surface area contributed by atoms with Crippen LogP contribution in [-0.4, -0.2) is 112 Å². The smallest absolute Gasteiger partial charge is 0.237 e. The van der Waals surface area contributed by atoms with Crippen molar-refractivity contribution in [1.82, 2.24) is 39.2 Å². The van der Waals surface area contributed by atoms with Crippen molar-refractivity contribution < 1.29 is 26.3 Å². The number of hydrogen-bond acceptors (Lipinski definition) is 12. The first-order chi connectivity index (χ1) is 23.7. The predicted molar refractivity (Wildman–Crippen MR) is 191 cm³/mol. The summed E-state index contributed by atoms with van der Waals surface area (Å²) in [5, 5.41) is 0.843. The molecule has 0 atom stereocenters. The van der Waals surface area contributed by atoms with Gasteiger partial charge in [0.2, 0.25) is 31.8 Å². The summed E-state index contributed by atoms with van der Waals surface area (Å²) >= 11 is 14.1. The van der Waals surface area contributed by atoms with E-state index in [0.29, 0.717) is 106 Å². The van der Waals surface area contributed by atoms with Gasteiger partial charge in [0.25, 0.3) is 0 Å². The summed E-state index contributed by atoms with van der Waals surface area (Å²) in [5.41, 5.74) is 4.89. The average Bonchev–Trinajstić information content (AvgIpc) is 3.02. The van der Waals surface area contributed by atoms with E-state index in [4.69, 9.17) is 42.6 Å². The molecule has 2 N–H and O–H groups in total. The van der Waals surface area contributed by atoms with Gasteiger partial charge in [-0.3, -0.25) is 19.8 Å². The van der Waals surface area contributed by atoms with Gasteiger partial charge >= 0.3 is 0 Å². The molecule has 0 saturated carbocycles. The van der Waals surface area contributed by atoms with Gasteiger partial charge < -0.3 is 9.47 Å². The van der Waals surface area contributed by atoms with Gasteiger partial charge in [0, 0.05) is 73.6 Å². The Morgan fingerprint density at radius 1 is 0.680 bits per heavy atom. The number of aromatic nitrogens is 4. The Kier molecular flexibility index (Phi) is 10.6. The molecule has 2 aromatic carbocycles. The maximum atomic E-state index is 11.5. The van der Waals surface area contributed by atoms with Gasteiger partial charge in [0.15, 0.2) is 0 Å². The van der Waals surface area contributed by atoms with Gasteiger partial charge in [-0.1, -0.05) is 59.6 Å². The molecule has 6 rings (SSSR count). The van der Waals surface area contributed by atoms with Crippen LogP contribution in [-0.2, 0) is 33.1 Å². The highest BCUT2D eigenvalue weighted by Crippen LogP contribution is 2.42. The molecule has 266 valence electrons. The number of hydrogen-bond donors (Lipinski definition) is 2. The third kappa shape index (κ3) is 8.35. The molecule has 2 aliphatic rings. The first-order valence-electron chi connectivity index (χ1n) is 15.5. The van der Waals surface area contributed by atoms with E-state index in [-0.39, 0.29) is 12.1 Å². The molecular formula is C32H36Cl2N8O6S2. The van der Waals surface area contributed by atoms with Crippen molar-refractivity contribution in [3.05, 3.63) is 70.2 Å². The first-order valence-corrected chi connectivity index (χ1v) is 20.0. The molecule has 0 amide bonds. The SMILES string of the molecule is COc1nc(-c2cccc(-c3cccc(-c4cnc(CN5CC(NS(C)(=O)=O)C5)c(OC)n4)c3Cl)c2Cl)cnc1CN1CC(NS(C)(=O)=O)C1. The molecule has 4 heterocycles. The van der Waals surface area contributed by atoms with Crippen LogP contribution in [0.25, 0.3) is 33.6 Å². The Hall–Kier alpha value is -3.48. The van der Waals surface area contributed by atoms with Gasteiger partial charge in [-0.2, -0.15) is 0 Å². The van der Waals surface area contributed by atoms with Gasteiger partial charge in [0.05, 0.1) is 60.6 Å². The van der Waals surface area contributed by atoms with Crippen molar-refractivity contribution in [2.75, 3.05) is 52.9 Å². The second kappa shape index (κ2) is 14.6. The highest BCUT2D eigenvalue weighted by molar-refractivity contribution is 7.89. The van der Waals surface area contributed by atoms with Crippen molar-refractivity contribution >= 4 is 43.2 Å². The van der Waals surface area contributed by atoms with Crippen LogP contribution in [0, 0.1) is 0 Å². The van der Waals surface area contributed by atoms with Crippen LogP contribution in [0.5, 0.6) is 11.8 Å². The Morgan fingerprint density at radius 2 is 1.04 bits per heavy atom. The lowest BCUT2D eigenvalue weighted by Gasteiger charge is -2.38. The Balaban J connectivity index is 1.21. The molecule has 14 nitrogen and oxygen atoms in total. The van der Waals surface area contributed by atoms with Crippen LogP contribution in [0.4, 0.5) is 0 Å². The number of ether oxygens (including phenoxy) is 2.